The second-order valence-corrected chi connectivity index (χ2v) is 6.02. The normalized spacial score (nSPS) is 10.7. The van der Waals surface area contributed by atoms with E-state index in [1.54, 1.807) is 30.1 Å². The van der Waals surface area contributed by atoms with Crippen molar-refractivity contribution in [1.29, 1.82) is 0 Å². The van der Waals surface area contributed by atoms with Gasteiger partial charge in [0, 0.05) is 31.1 Å². The number of hydrogen-bond donors (Lipinski definition) is 0. The quantitative estimate of drug-likeness (QED) is 0.635. The van der Waals surface area contributed by atoms with Gasteiger partial charge in [0.05, 0.1) is 12.5 Å². The van der Waals surface area contributed by atoms with E-state index >= 15 is 0 Å². The van der Waals surface area contributed by atoms with Gasteiger partial charge in [-0.1, -0.05) is 35.5 Å². The fraction of sp³-hybridized carbons (Fsp3) is 0.250. The van der Waals surface area contributed by atoms with E-state index in [-0.39, 0.29) is 18.3 Å². The molecule has 0 aliphatic carbocycles. The van der Waals surface area contributed by atoms with Gasteiger partial charge in [-0.05, 0) is 24.6 Å². The number of esters is 1. The summed E-state index contributed by atoms with van der Waals surface area (Å²) in [6, 6.07) is 15.0. The van der Waals surface area contributed by atoms with Gasteiger partial charge in [-0.15, -0.1) is 0 Å². The fourth-order valence-electron chi connectivity index (χ4n) is 2.76. The van der Waals surface area contributed by atoms with Crippen LogP contribution in [0.25, 0.3) is 22.2 Å². The molecule has 0 fully saturated rings. The number of ether oxygens (including phenoxy) is 1. The molecule has 6 heteroatoms. The van der Waals surface area contributed by atoms with Gasteiger partial charge in [0.2, 0.25) is 0 Å². The van der Waals surface area contributed by atoms with E-state index in [1.165, 1.54) is 7.11 Å². The van der Waals surface area contributed by atoms with Crippen molar-refractivity contribution >= 4 is 22.8 Å². The molecule has 0 atom stereocenters. The molecule has 1 amide bonds. The summed E-state index contributed by atoms with van der Waals surface area (Å²) in [7, 11) is 3.07. The van der Waals surface area contributed by atoms with Crippen LogP contribution in [0.3, 0.4) is 0 Å². The maximum atomic E-state index is 12.7. The molecule has 0 saturated carbocycles. The smallest absolute Gasteiger partial charge is 0.305 e. The minimum atomic E-state index is -0.274. The minimum Gasteiger partial charge on any atom is -0.469 e. The molecule has 3 aromatic rings. The minimum absolute atomic E-state index is 0.114. The monoisotopic (exact) mass is 352 g/mol. The molecule has 0 saturated heterocycles. The molecular weight excluding hydrogens is 332 g/mol. The summed E-state index contributed by atoms with van der Waals surface area (Å²) in [4.78, 5) is 25.4. The highest BCUT2D eigenvalue weighted by Crippen LogP contribution is 2.29. The molecule has 2 aromatic carbocycles. The Bertz CT molecular complexity index is 918. The molecule has 134 valence electrons. The van der Waals surface area contributed by atoms with Gasteiger partial charge in [0.1, 0.15) is 5.52 Å². The van der Waals surface area contributed by atoms with Crippen molar-refractivity contribution in [2.75, 3.05) is 20.7 Å². The highest BCUT2D eigenvalue weighted by Gasteiger charge is 2.16. The van der Waals surface area contributed by atoms with Crippen molar-refractivity contribution in [2.24, 2.45) is 0 Å². The maximum Gasteiger partial charge on any atom is 0.305 e. The van der Waals surface area contributed by atoms with E-state index in [0.717, 1.165) is 10.9 Å². The van der Waals surface area contributed by atoms with Crippen molar-refractivity contribution in [2.45, 2.75) is 12.8 Å². The Morgan fingerprint density at radius 1 is 1.15 bits per heavy atom. The zero-order valence-corrected chi connectivity index (χ0v) is 14.8. The largest absolute Gasteiger partial charge is 0.469 e. The lowest BCUT2D eigenvalue weighted by molar-refractivity contribution is -0.140. The number of amides is 1. The molecule has 0 aliphatic rings. The van der Waals surface area contributed by atoms with E-state index in [9.17, 15) is 9.59 Å². The molecule has 0 unspecified atom stereocenters. The predicted molar refractivity (Wildman–Crippen MR) is 97.7 cm³/mol. The topological polar surface area (TPSA) is 72.6 Å². The van der Waals surface area contributed by atoms with Crippen molar-refractivity contribution in [3.8, 4) is 11.3 Å². The van der Waals surface area contributed by atoms with E-state index in [0.29, 0.717) is 29.8 Å². The van der Waals surface area contributed by atoms with Gasteiger partial charge in [0.15, 0.2) is 5.76 Å². The standard InChI is InChI=1S/C20H20N2O4/c1-22(12-6-9-18(23)25-2)20(24)15-10-11-17-16(13-15)19(26-21-17)14-7-4-3-5-8-14/h3-5,7-8,10-11,13H,6,9,12H2,1-2H3. The van der Waals surface area contributed by atoms with Gasteiger partial charge in [-0.2, -0.15) is 0 Å². The molecule has 0 N–H and O–H groups in total. The van der Waals surface area contributed by atoms with E-state index < -0.39 is 0 Å². The van der Waals surface area contributed by atoms with Crippen LogP contribution in [0, 0.1) is 0 Å². The third-order valence-electron chi connectivity index (χ3n) is 4.21. The maximum absolute atomic E-state index is 12.7. The van der Waals surface area contributed by atoms with Crippen LogP contribution in [0.15, 0.2) is 53.1 Å². The zero-order chi connectivity index (χ0) is 18.5. The first-order valence-electron chi connectivity index (χ1n) is 8.37. The molecule has 0 spiro atoms. The van der Waals surface area contributed by atoms with Crippen LogP contribution < -0.4 is 0 Å². The van der Waals surface area contributed by atoms with Gasteiger partial charge in [0.25, 0.3) is 5.91 Å². The molecule has 1 heterocycles. The molecule has 6 nitrogen and oxygen atoms in total. The molecule has 0 aliphatic heterocycles. The van der Waals surface area contributed by atoms with Crippen LogP contribution in [0.1, 0.15) is 23.2 Å². The lowest BCUT2D eigenvalue weighted by atomic mass is 10.1. The molecule has 26 heavy (non-hydrogen) atoms. The van der Waals surface area contributed by atoms with Crippen molar-refractivity contribution in [3.05, 3.63) is 54.1 Å². The van der Waals surface area contributed by atoms with Crippen molar-refractivity contribution in [3.63, 3.8) is 0 Å². The second kappa shape index (κ2) is 7.82. The number of rotatable bonds is 6. The number of carbonyl (C=O) groups excluding carboxylic acids is 2. The average molecular weight is 352 g/mol. The molecule has 3 rings (SSSR count). The highest BCUT2D eigenvalue weighted by atomic mass is 16.5. The van der Waals surface area contributed by atoms with Gasteiger partial charge in [-0.3, -0.25) is 9.59 Å². The van der Waals surface area contributed by atoms with E-state index in [4.69, 9.17) is 4.52 Å². The summed E-state index contributed by atoms with van der Waals surface area (Å²) < 4.78 is 10.1. The number of carbonyl (C=O) groups is 2. The van der Waals surface area contributed by atoms with Crippen LogP contribution in [0.5, 0.6) is 0 Å². The Labute approximate surface area is 151 Å². The number of methoxy groups -OCH3 is 1. The van der Waals surface area contributed by atoms with Gasteiger partial charge in [-0.25, -0.2) is 0 Å². The Kier molecular flexibility index (Phi) is 5.31. The van der Waals surface area contributed by atoms with Gasteiger partial charge >= 0.3 is 5.97 Å². The Morgan fingerprint density at radius 2 is 1.92 bits per heavy atom. The summed E-state index contributed by atoms with van der Waals surface area (Å²) in [6.07, 6.45) is 0.844. The first-order valence-corrected chi connectivity index (χ1v) is 8.37. The Balaban J connectivity index is 1.80. The first kappa shape index (κ1) is 17.7. The van der Waals surface area contributed by atoms with Crippen LogP contribution in [-0.2, 0) is 9.53 Å². The highest BCUT2D eigenvalue weighted by molar-refractivity contribution is 6.00. The summed E-state index contributed by atoms with van der Waals surface area (Å²) in [5.74, 6) is 0.254. The van der Waals surface area contributed by atoms with E-state index in [1.807, 2.05) is 30.3 Å². The molecular formula is C20H20N2O4. The molecule has 1 aromatic heterocycles. The molecule has 0 bridgehead atoms. The lowest BCUT2D eigenvalue weighted by Crippen LogP contribution is -2.28. The van der Waals surface area contributed by atoms with Crippen LogP contribution in [0.2, 0.25) is 0 Å². The van der Waals surface area contributed by atoms with Gasteiger partial charge < -0.3 is 14.2 Å². The lowest BCUT2D eigenvalue weighted by Gasteiger charge is -2.16. The second-order valence-electron chi connectivity index (χ2n) is 6.02. The van der Waals surface area contributed by atoms with Crippen molar-refractivity contribution < 1.29 is 18.8 Å². The predicted octanol–water partition coefficient (Wildman–Crippen LogP) is 3.52. The zero-order valence-electron chi connectivity index (χ0n) is 14.8. The number of aromatic nitrogens is 1. The summed E-state index contributed by atoms with van der Waals surface area (Å²) >= 11 is 0. The Morgan fingerprint density at radius 3 is 2.65 bits per heavy atom. The average Bonchev–Trinajstić information content (AvgIpc) is 3.11. The summed E-state index contributed by atoms with van der Waals surface area (Å²) in [5.41, 5.74) is 2.17. The summed E-state index contributed by atoms with van der Waals surface area (Å²) in [5, 5.41) is 4.86. The van der Waals surface area contributed by atoms with Crippen molar-refractivity contribution in [1.82, 2.24) is 10.1 Å². The third-order valence-corrected chi connectivity index (χ3v) is 4.21. The number of benzene rings is 2. The SMILES string of the molecule is COC(=O)CCCN(C)C(=O)c1ccc2noc(-c3ccccc3)c2c1. The van der Waals surface area contributed by atoms with E-state index in [2.05, 4.69) is 9.89 Å². The number of nitrogens with zero attached hydrogens (tertiary/aromatic N) is 2. The first-order chi connectivity index (χ1) is 12.6. The summed E-state index contributed by atoms with van der Waals surface area (Å²) in [6.45, 7) is 0.473. The van der Waals surface area contributed by atoms with Crippen LogP contribution >= 0.6 is 0 Å². The Hall–Kier alpha value is -3.15. The van der Waals surface area contributed by atoms with Crippen LogP contribution in [-0.4, -0.2) is 42.6 Å². The fourth-order valence-corrected chi connectivity index (χ4v) is 2.76. The third kappa shape index (κ3) is 3.74. The molecule has 0 radical (unpaired) electrons. The number of hydrogen-bond acceptors (Lipinski definition) is 5. The number of fused-ring (bicyclic) bond motifs is 1. The van der Waals surface area contributed by atoms with Crippen LogP contribution in [0.4, 0.5) is 0 Å².